The molecule has 2 rings (SSSR count). The summed E-state index contributed by atoms with van der Waals surface area (Å²) >= 11 is 5.97. The molecule has 1 aromatic heterocycles. The topological polar surface area (TPSA) is 67.2 Å². The molecule has 0 amide bonds. The number of aliphatic hydroxyl groups excluding tert-OH is 1. The molecule has 0 aromatic carbocycles. The quantitative estimate of drug-likeness (QED) is 0.869. The lowest BCUT2D eigenvalue weighted by atomic mass is 9.87. The number of anilines is 1. The average molecular weight is 272 g/mol. The van der Waals surface area contributed by atoms with Gasteiger partial charge in [-0.2, -0.15) is 5.10 Å². The van der Waals surface area contributed by atoms with Crippen molar-refractivity contribution in [3.63, 3.8) is 0 Å². The molecule has 0 bridgehead atoms. The molecule has 2 N–H and O–H groups in total. The summed E-state index contributed by atoms with van der Waals surface area (Å²) in [6, 6.07) is 0. The van der Waals surface area contributed by atoms with Gasteiger partial charge in [0, 0.05) is 19.0 Å². The zero-order chi connectivity index (χ0) is 13.2. The number of halogens is 1. The first-order valence-electron chi connectivity index (χ1n) is 6.14. The first-order valence-corrected chi connectivity index (χ1v) is 6.52. The van der Waals surface area contributed by atoms with Crippen LogP contribution in [0.15, 0.2) is 11.0 Å². The van der Waals surface area contributed by atoms with Gasteiger partial charge in [-0.1, -0.05) is 24.4 Å². The molecule has 1 saturated carbocycles. The summed E-state index contributed by atoms with van der Waals surface area (Å²) in [6.45, 7) is 0.786. The molecule has 0 atom stereocenters. The number of nitrogens with zero attached hydrogens (tertiary/aromatic N) is 2. The van der Waals surface area contributed by atoms with E-state index in [1.165, 1.54) is 4.68 Å². The van der Waals surface area contributed by atoms with Crippen molar-refractivity contribution in [2.45, 2.75) is 25.7 Å². The second-order valence-electron chi connectivity index (χ2n) is 5.02. The SMILES string of the molecule is Cn1ncc(NCC2(CO)CCCC2)c(Cl)c1=O. The Morgan fingerprint density at radius 1 is 1.56 bits per heavy atom. The van der Waals surface area contributed by atoms with Crippen molar-refractivity contribution in [1.29, 1.82) is 0 Å². The molecule has 1 aliphatic carbocycles. The highest BCUT2D eigenvalue weighted by atomic mass is 35.5. The van der Waals surface area contributed by atoms with E-state index in [0.717, 1.165) is 25.7 Å². The van der Waals surface area contributed by atoms with Crippen LogP contribution in [-0.4, -0.2) is 28.0 Å². The number of aromatic nitrogens is 2. The van der Waals surface area contributed by atoms with Crippen molar-refractivity contribution in [2.75, 3.05) is 18.5 Å². The van der Waals surface area contributed by atoms with Gasteiger partial charge in [0.25, 0.3) is 5.56 Å². The van der Waals surface area contributed by atoms with E-state index in [0.29, 0.717) is 12.2 Å². The van der Waals surface area contributed by atoms with Crippen LogP contribution in [-0.2, 0) is 7.05 Å². The fourth-order valence-corrected chi connectivity index (χ4v) is 2.67. The Kier molecular flexibility index (Phi) is 3.92. The van der Waals surface area contributed by atoms with Gasteiger partial charge in [-0.15, -0.1) is 0 Å². The summed E-state index contributed by atoms with van der Waals surface area (Å²) in [7, 11) is 1.56. The van der Waals surface area contributed by atoms with Crippen LogP contribution >= 0.6 is 11.6 Å². The number of aliphatic hydroxyl groups is 1. The summed E-state index contributed by atoms with van der Waals surface area (Å²) in [5.41, 5.74) is 0.148. The Hall–Kier alpha value is -1.07. The number of nitrogens with one attached hydrogen (secondary N) is 1. The van der Waals surface area contributed by atoms with Crippen LogP contribution in [0.25, 0.3) is 0 Å². The molecule has 5 nitrogen and oxygen atoms in total. The lowest BCUT2D eigenvalue weighted by molar-refractivity contribution is 0.142. The Balaban J connectivity index is 2.11. The molecule has 1 aromatic rings. The predicted molar refractivity (Wildman–Crippen MR) is 71.0 cm³/mol. The van der Waals surface area contributed by atoms with Gasteiger partial charge in [0.05, 0.1) is 18.5 Å². The first kappa shape index (κ1) is 13.4. The van der Waals surface area contributed by atoms with E-state index < -0.39 is 0 Å². The van der Waals surface area contributed by atoms with Gasteiger partial charge in [0.2, 0.25) is 0 Å². The van der Waals surface area contributed by atoms with Crippen LogP contribution < -0.4 is 10.9 Å². The van der Waals surface area contributed by atoms with Crippen LogP contribution in [0.3, 0.4) is 0 Å². The summed E-state index contributed by atoms with van der Waals surface area (Å²) in [5.74, 6) is 0. The first-order chi connectivity index (χ1) is 8.58. The largest absolute Gasteiger partial charge is 0.396 e. The Morgan fingerprint density at radius 2 is 2.22 bits per heavy atom. The number of rotatable bonds is 4. The van der Waals surface area contributed by atoms with E-state index in [-0.39, 0.29) is 22.6 Å². The van der Waals surface area contributed by atoms with E-state index >= 15 is 0 Å². The van der Waals surface area contributed by atoms with Crippen molar-refractivity contribution in [3.8, 4) is 0 Å². The van der Waals surface area contributed by atoms with Gasteiger partial charge < -0.3 is 10.4 Å². The number of hydrogen-bond donors (Lipinski definition) is 2. The fourth-order valence-electron chi connectivity index (χ4n) is 2.43. The van der Waals surface area contributed by atoms with Gasteiger partial charge in [-0.05, 0) is 12.8 Å². The van der Waals surface area contributed by atoms with E-state index in [2.05, 4.69) is 10.4 Å². The minimum Gasteiger partial charge on any atom is -0.396 e. The van der Waals surface area contributed by atoms with Gasteiger partial charge in [-0.3, -0.25) is 4.79 Å². The lowest BCUT2D eigenvalue weighted by Gasteiger charge is -2.27. The third-order valence-corrected chi connectivity index (χ3v) is 4.10. The third kappa shape index (κ3) is 2.52. The van der Waals surface area contributed by atoms with Crippen LogP contribution in [0.4, 0.5) is 5.69 Å². The summed E-state index contributed by atoms with van der Waals surface area (Å²) in [5, 5.41) is 16.7. The normalized spacial score (nSPS) is 17.9. The summed E-state index contributed by atoms with van der Waals surface area (Å²) in [4.78, 5) is 11.6. The molecule has 18 heavy (non-hydrogen) atoms. The van der Waals surface area contributed by atoms with Crippen molar-refractivity contribution >= 4 is 17.3 Å². The second kappa shape index (κ2) is 5.28. The molecule has 0 aliphatic heterocycles. The van der Waals surface area contributed by atoms with Crippen LogP contribution in [0.5, 0.6) is 0 Å². The molecule has 0 saturated heterocycles. The van der Waals surface area contributed by atoms with Gasteiger partial charge in [0.1, 0.15) is 5.02 Å². The van der Waals surface area contributed by atoms with Gasteiger partial charge in [0.15, 0.2) is 0 Å². The molecule has 100 valence electrons. The predicted octanol–water partition coefficient (Wildman–Crippen LogP) is 1.40. The van der Waals surface area contributed by atoms with Crippen molar-refractivity contribution in [3.05, 3.63) is 21.6 Å². The molecule has 0 radical (unpaired) electrons. The monoisotopic (exact) mass is 271 g/mol. The number of hydrogen-bond acceptors (Lipinski definition) is 4. The van der Waals surface area contributed by atoms with Crippen LogP contribution in [0.1, 0.15) is 25.7 Å². The summed E-state index contributed by atoms with van der Waals surface area (Å²) < 4.78 is 1.20. The zero-order valence-corrected chi connectivity index (χ0v) is 11.2. The Labute approximate surface area is 111 Å². The molecule has 1 heterocycles. The van der Waals surface area contributed by atoms with Crippen molar-refractivity contribution in [1.82, 2.24) is 9.78 Å². The Morgan fingerprint density at radius 3 is 2.83 bits per heavy atom. The maximum Gasteiger partial charge on any atom is 0.287 e. The smallest absolute Gasteiger partial charge is 0.287 e. The van der Waals surface area contributed by atoms with Crippen LogP contribution in [0, 0.1) is 5.41 Å². The summed E-state index contributed by atoms with van der Waals surface area (Å²) in [6.07, 6.45) is 5.85. The Bertz CT molecular complexity index is 481. The van der Waals surface area contributed by atoms with Crippen LogP contribution in [0.2, 0.25) is 5.02 Å². The fraction of sp³-hybridized carbons (Fsp3) is 0.667. The number of aryl methyl sites for hydroxylation is 1. The molecule has 1 aliphatic rings. The zero-order valence-electron chi connectivity index (χ0n) is 10.4. The van der Waals surface area contributed by atoms with E-state index in [1.54, 1.807) is 13.2 Å². The highest BCUT2D eigenvalue weighted by Gasteiger charge is 2.33. The van der Waals surface area contributed by atoms with Gasteiger partial charge in [-0.25, -0.2) is 4.68 Å². The molecular weight excluding hydrogens is 254 g/mol. The highest BCUT2D eigenvalue weighted by Crippen LogP contribution is 2.37. The molecule has 0 spiro atoms. The minimum absolute atomic E-state index is 0.0790. The molecule has 6 heteroatoms. The van der Waals surface area contributed by atoms with Gasteiger partial charge >= 0.3 is 0 Å². The molecular formula is C12H18ClN3O2. The molecule has 1 fully saturated rings. The maximum absolute atomic E-state index is 11.6. The highest BCUT2D eigenvalue weighted by molar-refractivity contribution is 6.32. The maximum atomic E-state index is 11.6. The third-order valence-electron chi connectivity index (χ3n) is 3.73. The minimum atomic E-state index is -0.314. The van der Waals surface area contributed by atoms with Crippen molar-refractivity contribution < 1.29 is 5.11 Å². The van der Waals surface area contributed by atoms with E-state index in [9.17, 15) is 9.90 Å². The van der Waals surface area contributed by atoms with Crippen molar-refractivity contribution in [2.24, 2.45) is 12.5 Å². The second-order valence-corrected chi connectivity index (χ2v) is 5.40. The van der Waals surface area contributed by atoms with E-state index in [1.807, 2.05) is 0 Å². The van der Waals surface area contributed by atoms with E-state index in [4.69, 9.17) is 11.6 Å². The molecule has 0 unspecified atom stereocenters. The lowest BCUT2D eigenvalue weighted by Crippen LogP contribution is -2.31. The standard InChI is InChI=1S/C12H18ClN3O2/c1-16-11(18)10(13)9(6-15-16)14-7-12(8-17)4-2-3-5-12/h6,14,17H,2-5,7-8H2,1H3. The average Bonchev–Trinajstić information content (AvgIpc) is 2.85.